The summed E-state index contributed by atoms with van der Waals surface area (Å²) in [6.07, 6.45) is 5.28. The Balaban J connectivity index is 2.31. The van der Waals surface area contributed by atoms with Crippen LogP contribution in [0.5, 0.6) is 0 Å². The van der Waals surface area contributed by atoms with Crippen LogP contribution in [0.2, 0.25) is 0 Å². The quantitative estimate of drug-likeness (QED) is 0.651. The number of halogens is 1. The first-order chi connectivity index (χ1) is 8.40. The predicted molar refractivity (Wildman–Crippen MR) is 66.2 cm³/mol. The molecule has 0 spiro atoms. The third kappa shape index (κ3) is 1.66. The van der Waals surface area contributed by atoms with Crippen molar-refractivity contribution in [2.45, 2.75) is 5.88 Å². The summed E-state index contributed by atoms with van der Waals surface area (Å²) in [5, 5.41) is 10.1. The first-order valence-electron chi connectivity index (χ1n) is 5.18. The standard InChI is InChI=1S/C12H9ClN4/c13-6-12-16-15-8-17(12)11-3-1-2-9-4-5-14-7-10(9)11/h1-5,7-8H,6H2. The average Bonchev–Trinajstić information content (AvgIpc) is 2.86. The Hall–Kier alpha value is -1.94. The van der Waals surface area contributed by atoms with E-state index < -0.39 is 0 Å². The maximum atomic E-state index is 5.84. The van der Waals surface area contributed by atoms with Gasteiger partial charge in [-0.05, 0) is 17.5 Å². The largest absolute Gasteiger partial charge is 0.284 e. The van der Waals surface area contributed by atoms with E-state index in [-0.39, 0.29) is 0 Å². The fourth-order valence-corrected chi connectivity index (χ4v) is 2.04. The first-order valence-corrected chi connectivity index (χ1v) is 5.71. The highest BCUT2D eigenvalue weighted by atomic mass is 35.5. The smallest absolute Gasteiger partial charge is 0.152 e. The lowest BCUT2D eigenvalue weighted by atomic mass is 10.1. The van der Waals surface area contributed by atoms with Gasteiger partial charge in [-0.25, -0.2) is 0 Å². The predicted octanol–water partition coefficient (Wildman–Crippen LogP) is 2.55. The van der Waals surface area contributed by atoms with Crippen molar-refractivity contribution in [2.24, 2.45) is 0 Å². The summed E-state index contributed by atoms with van der Waals surface area (Å²) < 4.78 is 1.89. The molecule has 2 aromatic heterocycles. The van der Waals surface area contributed by atoms with E-state index in [1.807, 2.05) is 35.0 Å². The van der Waals surface area contributed by atoms with Gasteiger partial charge in [0, 0.05) is 17.8 Å². The van der Waals surface area contributed by atoms with Crippen LogP contribution in [-0.4, -0.2) is 19.7 Å². The first kappa shape index (κ1) is 10.2. The molecule has 5 heteroatoms. The van der Waals surface area contributed by atoms with Crippen LogP contribution in [-0.2, 0) is 5.88 Å². The van der Waals surface area contributed by atoms with E-state index in [1.54, 1.807) is 12.5 Å². The van der Waals surface area contributed by atoms with Gasteiger partial charge in [0.2, 0.25) is 0 Å². The minimum atomic E-state index is 0.330. The maximum absolute atomic E-state index is 5.84. The number of nitrogens with zero attached hydrogens (tertiary/aromatic N) is 4. The molecule has 0 fully saturated rings. The molecule has 0 bridgehead atoms. The van der Waals surface area contributed by atoms with Crippen LogP contribution in [0.15, 0.2) is 43.0 Å². The van der Waals surface area contributed by atoms with Crippen molar-refractivity contribution in [1.82, 2.24) is 19.7 Å². The van der Waals surface area contributed by atoms with Crippen LogP contribution in [0.1, 0.15) is 5.82 Å². The summed E-state index contributed by atoms with van der Waals surface area (Å²) in [4.78, 5) is 4.15. The Labute approximate surface area is 103 Å². The topological polar surface area (TPSA) is 43.6 Å². The van der Waals surface area contributed by atoms with Gasteiger partial charge in [0.1, 0.15) is 6.33 Å². The summed E-state index contributed by atoms with van der Waals surface area (Å²) in [5.74, 6) is 1.06. The van der Waals surface area contributed by atoms with E-state index in [4.69, 9.17) is 11.6 Å². The van der Waals surface area contributed by atoms with E-state index in [0.717, 1.165) is 22.3 Å². The molecular formula is C12H9ClN4. The normalized spacial score (nSPS) is 10.9. The molecule has 0 aliphatic rings. The molecule has 0 atom stereocenters. The van der Waals surface area contributed by atoms with Gasteiger partial charge in [0.05, 0.1) is 11.6 Å². The molecule has 0 saturated carbocycles. The van der Waals surface area contributed by atoms with Crippen molar-refractivity contribution in [1.29, 1.82) is 0 Å². The minimum Gasteiger partial charge on any atom is -0.284 e. The summed E-state index contributed by atoms with van der Waals surface area (Å²) in [6.45, 7) is 0. The molecule has 0 saturated heterocycles. The van der Waals surface area contributed by atoms with Crippen molar-refractivity contribution in [3.8, 4) is 5.69 Å². The molecule has 17 heavy (non-hydrogen) atoms. The maximum Gasteiger partial charge on any atom is 0.152 e. The van der Waals surface area contributed by atoms with Gasteiger partial charge in [0.25, 0.3) is 0 Å². The fraction of sp³-hybridized carbons (Fsp3) is 0.0833. The zero-order valence-electron chi connectivity index (χ0n) is 8.92. The minimum absolute atomic E-state index is 0.330. The Morgan fingerprint density at radius 2 is 2.18 bits per heavy atom. The number of rotatable bonds is 2. The van der Waals surface area contributed by atoms with Crippen molar-refractivity contribution in [3.63, 3.8) is 0 Å². The Morgan fingerprint density at radius 3 is 3.06 bits per heavy atom. The van der Waals surface area contributed by atoms with E-state index >= 15 is 0 Å². The molecule has 0 aliphatic heterocycles. The Kier molecular flexibility index (Phi) is 2.49. The van der Waals surface area contributed by atoms with Crippen LogP contribution in [0.4, 0.5) is 0 Å². The van der Waals surface area contributed by atoms with Gasteiger partial charge >= 0.3 is 0 Å². The number of fused-ring (bicyclic) bond motifs is 1. The second kappa shape index (κ2) is 4.14. The number of hydrogen-bond acceptors (Lipinski definition) is 3. The van der Waals surface area contributed by atoms with Gasteiger partial charge in [-0.1, -0.05) is 12.1 Å². The van der Waals surface area contributed by atoms with Crippen LogP contribution >= 0.6 is 11.6 Å². The molecule has 0 aliphatic carbocycles. The van der Waals surface area contributed by atoms with Crippen LogP contribution in [0.3, 0.4) is 0 Å². The monoisotopic (exact) mass is 244 g/mol. The zero-order chi connectivity index (χ0) is 11.7. The van der Waals surface area contributed by atoms with Gasteiger partial charge in [-0.3, -0.25) is 9.55 Å². The molecule has 3 rings (SSSR count). The summed E-state index contributed by atoms with van der Waals surface area (Å²) in [6, 6.07) is 8.02. The number of aromatic nitrogens is 4. The SMILES string of the molecule is ClCc1nncn1-c1cccc2ccncc12. The fourth-order valence-electron chi connectivity index (χ4n) is 1.86. The molecule has 84 valence electrons. The van der Waals surface area contributed by atoms with E-state index in [9.17, 15) is 0 Å². The van der Waals surface area contributed by atoms with Crippen LogP contribution in [0, 0.1) is 0 Å². The number of alkyl halides is 1. The third-order valence-corrected chi connectivity index (χ3v) is 2.90. The Morgan fingerprint density at radius 1 is 1.24 bits per heavy atom. The van der Waals surface area contributed by atoms with Crippen molar-refractivity contribution >= 4 is 22.4 Å². The molecule has 3 aromatic rings. The molecule has 0 amide bonds. The van der Waals surface area contributed by atoms with Gasteiger partial charge in [-0.15, -0.1) is 21.8 Å². The van der Waals surface area contributed by atoms with E-state index in [2.05, 4.69) is 15.2 Å². The summed E-state index contributed by atoms with van der Waals surface area (Å²) in [5.41, 5.74) is 0.997. The van der Waals surface area contributed by atoms with Crippen LogP contribution in [0.25, 0.3) is 16.5 Å². The Bertz CT molecular complexity index is 657. The second-order valence-corrected chi connectivity index (χ2v) is 3.89. The molecule has 0 unspecified atom stereocenters. The van der Waals surface area contributed by atoms with Crippen molar-refractivity contribution in [2.75, 3.05) is 0 Å². The lowest BCUT2D eigenvalue weighted by Crippen LogP contribution is -1.99. The van der Waals surface area contributed by atoms with Gasteiger partial charge in [0.15, 0.2) is 5.82 Å². The lowest BCUT2D eigenvalue weighted by molar-refractivity contribution is 0.956. The van der Waals surface area contributed by atoms with E-state index in [0.29, 0.717) is 5.88 Å². The number of hydrogen-bond donors (Lipinski definition) is 0. The molecule has 0 radical (unpaired) electrons. The molecular weight excluding hydrogens is 236 g/mol. The third-order valence-electron chi connectivity index (χ3n) is 2.66. The summed E-state index contributed by atoms with van der Waals surface area (Å²) >= 11 is 5.84. The highest BCUT2D eigenvalue weighted by Crippen LogP contribution is 2.22. The average molecular weight is 245 g/mol. The zero-order valence-corrected chi connectivity index (χ0v) is 9.67. The summed E-state index contributed by atoms with van der Waals surface area (Å²) in [7, 11) is 0. The highest BCUT2D eigenvalue weighted by Gasteiger charge is 2.08. The van der Waals surface area contributed by atoms with Crippen molar-refractivity contribution < 1.29 is 0 Å². The highest BCUT2D eigenvalue weighted by molar-refractivity contribution is 6.16. The molecule has 0 N–H and O–H groups in total. The van der Waals surface area contributed by atoms with Crippen LogP contribution < -0.4 is 0 Å². The molecule has 2 heterocycles. The van der Waals surface area contributed by atoms with Crippen molar-refractivity contribution in [3.05, 3.63) is 48.8 Å². The van der Waals surface area contributed by atoms with E-state index in [1.165, 1.54) is 0 Å². The second-order valence-electron chi connectivity index (χ2n) is 3.62. The van der Waals surface area contributed by atoms with Gasteiger partial charge in [-0.2, -0.15) is 0 Å². The molecule has 1 aromatic carbocycles. The lowest BCUT2D eigenvalue weighted by Gasteiger charge is -2.08. The number of benzene rings is 1. The number of pyridine rings is 1. The molecule has 4 nitrogen and oxygen atoms in total. The van der Waals surface area contributed by atoms with Gasteiger partial charge < -0.3 is 0 Å².